The van der Waals surface area contributed by atoms with Crippen LogP contribution in [0.2, 0.25) is 0 Å². The maximum Gasteiger partial charge on any atom is 0.0320 e. The van der Waals surface area contributed by atoms with Crippen LogP contribution in [0.15, 0.2) is 27.1 Å². The van der Waals surface area contributed by atoms with Gasteiger partial charge in [-0.05, 0) is 74.9 Å². The summed E-state index contributed by atoms with van der Waals surface area (Å²) in [6.07, 6.45) is 8.61. The van der Waals surface area contributed by atoms with Gasteiger partial charge in [0.25, 0.3) is 0 Å². The number of nitrogens with one attached hydrogen (secondary N) is 1. The zero-order valence-electron chi connectivity index (χ0n) is 10.7. The van der Waals surface area contributed by atoms with Gasteiger partial charge in [0.15, 0.2) is 0 Å². The van der Waals surface area contributed by atoms with Crippen molar-refractivity contribution in [3.05, 3.63) is 32.7 Å². The summed E-state index contributed by atoms with van der Waals surface area (Å²) in [6.45, 7) is 2.11. The van der Waals surface area contributed by atoms with Crippen molar-refractivity contribution in [1.29, 1.82) is 0 Å². The lowest BCUT2D eigenvalue weighted by Crippen LogP contribution is -2.15. The van der Waals surface area contributed by atoms with Crippen LogP contribution in [0, 0.1) is 5.92 Å². The van der Waals surface area contributed by atoms with Crippen molar-refractivity contribution >= 4 is 31.9 Å². The summed E-state index contributed by atoms with van der Waals surface area (Å²) in [6, 6.07) is 6.44. The van der Waals surface area contributed by atoms with E-state index in [9.17, 15) is 0 Å². The van der Waals surface area contributed by atoms with Gasteiger partial charge in [-0.2, -0.15) is 0 Å². The summed E-state index contributed by atoms with van der Waals surface area (Å²) in [5, 5.41) is 3.54. The SMILES string of the molecule is Brc1ccc(CNCCCC2CCCC2)cc1Br. The molecule has 0 spiro atoms. The maximum atomic E-state index is 3.54. The smallest absolute Gasteiger partial charge is 0.0320 e. The fourth-order valence-corrected chi connectivity index (χ4v) is 3.37. The molecule has 0 saturated heterocycles. The van der Waals surface area contributed by atoms with Crippen molar-refractivity contribution < 1.29 is 0 Å². The Hall–Kier alpha value is 0.140. The molecule has 2 rings (SSSR count). The Morgan fingerprint density at radius 3 is 2.61 bits per heavy atom. The molecule has 1 aliphatic carbocycles. The Bertz CT molecular complexity index is 373. The minimum atomic E-state index is 0.969. The van der Waals surface area contributed by atoms with E-state index in [1.807, 2.05) is 0 Å². The molecule has 0 aliphatic heterocycles. The average Bonchev–Trinajstić information content (AvgIpc) is 2.86. The van der Waals surface area contributed by atoms with Crippen LogP contribution in [0.25, 0.3) is 0 Å². The highest BCUT2D eigenvalue weighted by Crippen LogP contribution is 2.28. The summed E-state index contributed by atoms with van der Waals surface area (Å²) in [5.41, 5.74) is 1.34. The van der Waals surface area contributed by atoms with Crippen molar-refractivity contribution in [2.45, 2.75) is 45.1 Å². The predicted octanol–water partition coefficient (Wildman–Crippen LogP) is 5.27. The highest BCUT2D eigenvalue weighted by atomic mass is 79.9. The van der Waals surface area contributed by atoms with Gasteiger partial charge in [-0.3, -0.25) is 0 Å². The van der Waals surface area contributed by atoms with Crippen LogP contribution < -0.4 is 5.32 Å². The van der Waals surface area contributed by atoms with Crippen molar-refractivity contribution in [3.8, 4) is 0 Å². The van der Waals surface area contributed by atoms with Crippen LogP contribution in [0.3, 0.4) is 0 Å². The second kappa shape index (κ2) is 7.66. The Morgan fingerprint density at radius 1 is 1.11 bits per heavy atom. The number of benzene rings is 1. The summed E-state index contributed by atoms with van der Waals surface area (Å²) < 4.78 is 2.25. The molecule has 1 nitrogen and oxygen atoms in total. The van der Waals surface area contributed by atoms with E-state index in [0.29, 0.717) is 0 Å². The molecule has 1 aromatic rings. The van der Waals surface area contributed by atoms with E-state index in [1.165, 1.54) is 44.1 Å². The zero-order valence-corrected chi connectivity index (χ0v) is 13.9. The molecule has 18 heavy (non-hydrogen) atoms. The van der Waals surface area contributed by atoms with Crippen molar-refractivity contribution in [3.63, 3.8) is 0 Å². The minimum Gasteiger partial charge on any atom is -0.313 e. The first-order valence-corrected chi connectivity index (χ1v) is 8.49. The lowest BCUT2D eigenvalue weighted by molar-refractivity contribution is 0.470. The van der Waals surface area contributed by atoms with Crippen LogP contribution in [0.1, 0.15) is 44.1 Å². The normalized spacial score (nSPS) is 16.3. The number of halogens is 2. The first-order chi connectivity index (χ1) is 8.75. The standard InChI is InChI=1S/C15H21Br2N/c16-14-8-7-13(10-15(14)17)11-18-9-3-6-12-4-1-2-5-12/h7-8,10,12,18H,1-6,9,11H2. The Labute approximate surface area is 127 Å². The van der Waals surface area contributed by atoms with Gasteiger partial charge in [0.05, 0.1) is 0 Å². The minimum absolute atomic E-state index is 0.969. The molecule has 0 radical (unpaired) electrons. The summed E-state index contributed by atoms with van der Waals surface area (Å²) >= 11 is 7.03. The van der Waals surface area contributed by atoms with Crippen molar-refractivity contribution in [2.24, 2.45) is 5.92 Å². The van der Waals surface area contributed by atoms with E-state index >= 15 is 0 Å². The zero-order chi connectivity index (χ0) is 12.8. The average molecular weight is 375 g/mol. The van der Waals surface area contributed by atoms with Crippen LogP contribution in [0.4, 0.5) is 0 Å². The van der Waals surface area contributed by atoms with Crippen LogP contribution in [0.5, 0.6) is 0 Å². The molecule has 0 atom stereocenters. The third-order valence-electron chi connectivity index (χ3n) is 3.75. The lowest BCUT2D eigenvalue weighted by Gasteiger charge is -2.09. The Kier molecular flexibility index (Phi) is 6.19. The molecular formula is C15H21Br2N. The number of rotatable bonds is 6. The topological polar surface area (TPSA) is 12.0 Å². The molecule has 1 fully saturated rings. The van der Waals surface area contributed by atoms with E-state index in [2.05, 4.69) is 55.4 Å². The van der Waals surface area contributed by atoms with Gasteiger partial charge in [-0.1, -0.05) is 31.7 Å². The number of hydrogen-bond donors (Lipinski definition) is 1. The molecule has 0 aromatic heterocycles. The third-order valence-corrected chi connectivity index (χ3v) is 5.63. The van der Waals surface area contributed by atoms with Gasteiger partial charge in [0.1, 0.15) is 0 Å². The van der Waals surface area contributed by atoms with Gasteiger partial charge in [0, 0.05) is 15.5 Å². The van der Waals surface area contributed by atoms with E-state index < -0.39 is 0 Å². The van der Waals surface area contributed by atoms with Crippen LogP contribution in [-0.4, -0.2) is 6.54 Å². The molecule has 0 bridgehead atoms. The predicted molar refractivity (Wildman–Crippen MR) is 84.7 cm³/mol. The van der Waals surface area contributed by atoms with E-state index in [-0.39, 0.29) is 0 Å². The molecule has 0 amide bonds. The Morgan fingerprint density at radius 2 is 1.89 bits per heavy atom. The van der Waals surface area contributed by atoms with Crippen LogP contribution in [-0.2, 0) is 6.54 Å². The van der Waals surface area contributed by atoms with Gasteiger partial charge >= 0.3 is 0 Å². The fraction of sp³-hybridized carbons (Fsp3) is 0.600. The van der Waals surface area contributed by atoms with E-state index in [0.717, 1.165) is 28.0 Å². The molecule has 0 heterocycles. The van der Waals surface area contributed by atoms with Crippen LogP contribution >= 0.6 is 31.9 Å². The van der Waals surface area contributed by atoms with Crippen molar-refractivity contribution in [1.82, 2.24) is 5.32 Å². The summed E-state index contributed by atoms with van der Waals surface area (Å²) in [5.74, 6) is 1.02. The molecule has 0 unspecified atom stereocenters. The first kappa shape index (κ1) is 14.5. The summed E-state index contributed by atoms with van der Waals surface area (Å²) in [7, 11) is 0. The quantitative estimate of drug-likeness (QED) is 0.668. The molecule has 1 N–H and O–H groups in total. The first-order valence-electron chi connectivity index (χ1n) is 6.90. The largest absolute Gasteiger partial charge is 0.313 e. The molecule has 1 aromatic carbocycles. The third kappa shape index (κ3) is 4.67. The van der Waals surface area contributed by atoms with Gasteiger partial charge in [-0.25, -0.2) is 0 Å². The Balaban J connectivity index is 1.61. The van der Waals surface area contributed by atoms with E-state index in [1.54, 1.807) is 0 Å². The molecule has 100 valence electrons. The number of hydrogen-bond acceptors (Lipinski definition) is 1. The van der Waals surface area contributed by atoms with Gasteiger partial charge < -0.3 is 5.32 Å². The molecule has 3 heteroatoms. The monoisotopic (exact) mass is 373 g/mol. The summed E-state index contributed by atoms with van der Waals surface area (Å²) in [4.78, 5) is 0. The highest BCUT2D eigenvalue weighted by molar-refractivity contribution is 9.13. The second-order valence-electron chi connectivity index (χ2n) is 5.22. The lowest BCUT2D eigenvalue weighted by atomic mass is 10.0. The molecular weight excluding hydrogens is 354 g/mol. The molecule has 1 saturated carbocycles. The second-order valence-corrected chi connectivity index (χ2v) is 6.93. The van der Waals surface area contributed by atoms with Gasteiger partial charge in [-0.15, -0.1) is 0 Å². The van der Waals surface area contributed by atoms with E-state index in [4.69, 9.17) is 0 Å². The fourth-order valence-electron chi connectivity index (χ4n) is 2.70. The highest BCUT2D eigenvalue weighted by Gasteiger charge is 2.13. The maximum absolute atomic E-state index is 3.54. The molecule has 1 aliphatic rings. The van der Waals surface area contributed by atoms with Crippen molar-refractivity contribution in [2.75, 3.05) is 6.54 Å². The van der Waals surface area contributed by atoms with Gasteiger partial charge in [0.2, 0.25) is 0 Å².